The number of phenols is 1. The molecular formula is C17H14O2. The van der Waals surface area contributed by atoms with Crippen molar-refractivity contribution in [1.29, 1.82) is 0 Å². The fraction of sp³-hybridized carbons (Fsp3) is 0.0588. The number of benzene rings is 2. The van der Waals surface area contributed by atoms with Gasteiger partial charge in [-0.05, 0) is 29.0 Å². The van der Waals surface area contributed by atoms with Gasteiger partial charge < -0.3 is 9.84 Å². The molecule has 0 amide bonds. The highest BCUT2D eigenvalue weighted by atomic mass is 16.5. The fourth-order valence-electron chi connectivity index (χ4n) is 2.41. The Morgan fingerprint density at radius 2 is 2.00 bits per heavy atom. The molecule has 2 nitrogen and oxygen atoms in total. The molecule has 1 unspecified atom stereocenters. The van der Waals surface area contributed by atoms with Gasteiger partial charge in [-0.3, -0.25) is 0 Å². The molecule has 0 aliphatic carbocycles. The van der Waals surface area contributed by atoms with E-state index in [0.29, 0.717) is 0 Å². The lowest BCUT2D eigenvalue weighted by Gasteiger charge is -2.21. The zero-order chi connectivity index (χ0) is 13.2. The van der Waals surface area contributed by atoms with Crippen molar-refractivity contribution < 1.29 is 9.84 Å². The summed E-state index contributed by atoms with van der Waals surface area (Å²) in [5.74, 6) is 0.260. The van der Waals surface area contributed by atoms with E-state index in [-0.39, 0.29) is 11.9 Å². The summed E-state index contributed by atoms with van der Waals surface area (Å²) in [6.45, 7) is 3.79. The van der Waals surface area contributed by atoms with Crippen LogP contribution in [-0.4, -0.2) is 11.2 Å². The van der Waals surface area contributed by atoms with Gasteiger partial charge in [-0.15, -0.1) is 0 Å². The van der Waals surface area contributed by atoms with Gasteiger partial charge in [0.25, 0.3) is 0 Å². The van der Waals surface area contributed by atoms with E-state index in [4.69, 9.17) is 4.74 Å². The predicted molar refractivity (Wildman–Crippen MR) is 77.8 cm³/mol. The van der Waals surface area contributed by atoms with E-state index in [1.54, 1.807) is 18.4 Å². The maximum atomic E-state index is 10.2. The lowest BCUT2D eigenvalue weighted by molar-refractivity contribution is 0.232. The molecule has 0 aromatic heterocycles. The number of fused-ring (bicyclic) bond motifs is 1. The number of aromatic hydroxyl groups is 1. The number of hydrogen-bond acceptors (Lipinski definition) is 2. The second kappa shape index (κ2) is 4.65. The normalized spacial score (nSPS) is 17.9. The zero-order valence-corrected chi connectivity index (χ0v) is 10.4. The maximum Gasteiger partial charge on any atom is 0.142 e. The smallest absolute Gasteiger partial charge is 0.142 e. The molecule has 0 fully saturated rings. The molecule has 0 radical (unpaired) electrons. The molecule has 0 saturated carbocycles. The van der Waals surface area contributed by atoms with Crippen molar-refractivity contribution >= 4 is 16.3 Å². The average molecular weight is 250 g/mol. The number of ether oxygens (including phenoxy) is 1. The highest BCUT2D eigenvalue weighted by Gasteiger charge is 2.20. The third-order valence-corrected chi connectivity index (χ3v) is 3.30. The van der Waals surface area contributed by atoms with Crippen LogP contribution >= 0.6 is 0 Å². The molecule has 1 heterocycles. The van der Waals surface area contributed by atoms with E-state index in [9.17, 15) is 5.11 Å². The molecule has 0 saturated heterocycles. The number of rotatable bonds is 2. The average Bonchev–Trinajstić information content (AvgIpc) is 2.47. The van der Waals surface area contributed by atoms with E-state index >= 15 is 0 Å². The molecule has 19 heavy (non-hydrogen) atoms. The Bertz CT molecular complexity index is 695. The molecule has 2 aromatic rings. The van der Waals surface area contributed by atoms with E-state index < -0.39 is 0 Å². The Hall–Kier alpha value is -2.48. The SMILES string of the molecule is C=CC1OC=CC=C1c1c(O)ccc2ccccc12. The van der Waals surface area contributed by atoms with Crippen LogP contribution in [0.2, 0.25) is 0 Å². The summed E-state index contributed by atoms with van der Waals surface area (Å²) in [5, 5.41) is 12.3. The van der Waals surface area contributed by atoms with Gasteiger partial charge in [0.05, 0.1) is 6.26 Å². The third kappa shape index (κ3) is 1.91. The number of hydrogen-bond donors (Lipinski definition) is 1. The van der Waals surface area contributed by atoms with Crippen molar-refractivity contribution in [3.05, 3.63) is 73.0 Å². The molecule has 1 atom stereocenters. The van der Waals surface area contributed by atoms with Gasteiger partial charge in [-0.25, -0.2) is 0 Å². The summed E-state index contributed by atoms with van der Waals surface area (Å²) in [6.07, 6.45) is 6.92. The molecule has 3 rings (SSSR count). The molecule has 94 valence electrons. The van der Waals surface area contributed by atoms with Crippen LogP contribution in [0, 0.1) is 0 Å². The summed E-state index contributed by atoms with van der Waals surface area (Å²) < 4.78 is 5.52. The van der Waals surface area contributed by atoms with E-state index in [1.807, 2.05) is 42.5 Å². The van der Waals surface area contributed by atoms with E-state index in [2.05, 4.69) is 6.58 Å². The Morgan fingerprint density at radius 1 is 1.16 bits per heavy atom. The van der Waals surface area contributed by atoms with Gasteiger partial charge >= 0.3 is 0 Å². The predicted octanol–water partition coefficient (Wildman–Crippen LogP) is 4.03. The standard InChI is InChI=1S/C17H14O2/c1-2-16-14(8-5-11-19-16)17-13-7-4-3-6-12(13)9-10-15(17)18/h2-11,16,18H,1H2. The molecule has 2 heteroatoms. The van der Waals surface area contributed by atoms with Crippen LogP contribution in [0.3, 0.4) is 0 Å². The molecule has 1 aliphatic heterocycles. The first-order valence-corrected chi connectivity index (χ1v) is 6.17. The lowest BCUT2D eigenvalue weighted by atomic mass is 9.92. The quantitative estimate of drug-likeness (QED) is 0.815. The Balaban J connectivity index is 2.29. The molecule has 1 N–H and O–H groups in total. The van der Waals surface area contributed by atoms with Gasteiger partial charge in [-0.1, -0.05) is 43.0 Å². The Kier molecular flexibility index (Phi) is 2.84. The van der Waals surface area contributed by atoms with Gasteiger partial charge in [0.1, 0.15) is 11.9 Å². The van der Waals surface area contributed by atoms with E-state index in [1.165, 1.54) is 0 Å². The summed E-state index contributed by atoms with van der Waals surface area (Å²) in [7, 11) is 0. The maximum absolute atomic E-state index is 10.2. The van der Waals surface area contributed by atoms with Crippen LogP contribution < -0.4 is 0 Å². The second-order valence-electron chi connectivity index (χ2n) is 4.42. The van der Waals surface area contributed by atoms with Crippen molar-refractivity contribution in [2.45, 2.75) is 6.10 Å². The lowest BCUT2D eigenvalue weighted by Crippen LogP contribution is -2.11. The molecule has 0 bridgehead atoms. The Labute approximate surface area is 112 Å². The summed E-state index contributed by atoms with van der Waals surface area (Å²) in [4.78, 5) is 0. The van der Waals surface area contributed by atoms with Gasteiger partial charge in [0.15, 0.2) is 0 Å². The molecule has 1 aliphatic rings. The summed E-state index contributed by atoms with van der Waals surface area (Å²) in [5.41, 5.74) is 1.74. The fourth-order valence-corrected chi connectivity index (χ4v) is 2.41. The largest absolute Gasteiger partial charge is 0.507 e. The second-order valence-corrected chi connectivity index (χ2v) is 4.42. The highest BCUT2D eigenvalue weighted by Crippen LogP contribution is 2.36. The third-order valence-electron chi connectivity index (χ3n) is 3.30. The number of phenolic OH excluding ortho intramolecular Hbond substituents is 1. The first-order chi connectivity index (χ1) is 9.31. The van der Waals surface area contributed by atoms with E-state index in [0.717, 1.165) is 21.9 Å². The monoisotopic (exact) mass is 250 g/mol. The number of allylic oxidation sites excluding steroid dienone is 2. The van der Waals surface area contributed by atoms with Crippen molar-refractivity contribution in [2.75, 3.05) is 0 Å². The van der Waals surface area contributed by atoms with Gasteiger partial charge in [0.2, 0.25) is 0 Å². The topological polar surface area (TPSA) is 29.5 Å². The van der Waals surface area contributed by atoms with Crippen LogP contribution in [0.4, 0.5) is 0 Å². The highest BCUT2D eigenvalue weighted by molar-refractivity contribution is 5.97. The van der Waals surface area contributed by atoms with Gasteiger partial charge in [-0.2, -0.15) is 0 Å². The van der Waals surface area contributed by atoms with Gasteiger partial charge in [0, 0.05) is 11.1 Å². The zero-order valence-electron chi connectivity index (χ0n) is 10.4. The minimum atomic E-state index is -0.235. The molecular weight excluding hydrogens is 236 g/mol. The van der Waals surface area contributed by atoms with Crippen LogP contribution in [0.5, 0.6) is 5.75 Å². The summed E-state index contributed by atoms with van der Waals surface area (Å²) >= 11 is 0. The van der Waals surface area contributed by atoms with Crippen molar-refractivity contribution in [2.24, 2.45) is 0 Å². The van der Waals surface area contributed by atoms with Crippen molar-refractivity contribution in [3.8, 4) is 5.75 Å². The van der Waals surface area contributed by atoms with Crippen LogP contribution in [0.1, 0.15) is 5.56 Å². The minimum Gasteiger partial charge on any atom is -0.507 e. The minimum absolute atomic E-state index is 0.235. The molecule has 0 spiro atoms. The van der Waals surface area contributed by atoms with Crippen LogP contribution in [0.25, 0.3) is 16.3 Å². The van der Waals surface area contributed by atoms with Crippen molar-refractivity contribution in [1.82, 2.24) is 0 Å². The van der Waals surface area contributed by atoms with Crippen LogP contribution in [-0.2, 0) is 4.74 Å². The summed E-state index contributed by atoms with van der Waals surface area (Å²) in [6, 6.07) is 11.6. The first kappa shape index (κ1) is 11.6. The van der Waals surface area contributed by atoms with Crippen molar-refractivity contribution in [3.63, 3.8) is 0 Å². The first-order valence-electron chi connectivity index (χ1n) is 6.17. The Morgan fingerprint density at radius 3 is 2.84 bits per heavy atom. The van der Waals surface area contributed by atoms with Crippen LogP contribution in [0.15, 0.2) is 67.5 Å². The molecule has 2 aromatic carbocycles.